The number of aromatic nitrogens is 2. The average Bonchev–Trinajstić information content (AvgIpc) is 2.74. The van der Waals surface area contributed by atoms with Crippen LogP contribution in [0.25, 0.3) is 0 Å². The van der Waals surface area contributed by atoms with Gasteiger partial charge in [-0.05, 0) is 44.5 Å². The van der Waals surface area contributed by atoms with Gasteiger partial charge in [-0.15, -0.1) is 0 Å². The molecule has 0 fully saturated rings. The number of aryl methyl sites for hydroxylation is 3. The van der Waals surface area contributed by atoms with Crippen LogP contribution in [-0.2, 0) is 6.54 Å². The predicted octanol–water partition coefficient (Wildman–Crippen LogP) is 3.40. The maximum atomic E-state index is 5.76. The van der Waals surface area contributed by atoms with E-state index in [1.807, 2.05) is 29.8 Å². The van der Waals surface area contributed by atoms with Crippen molar-refractivity contribution in [3.8, 4) is 0 Å². The number of hydrogen-bond acceptors (Lipinski definition) is 3. The Morgan fingerprint density at radius 3 is 2.76 bits per heavy atom. The number of hydrogen-bond donors (Lipinski definition) is 2. The fourth-order valence-corrected chi connectivity index (χ4v) is 2.76. The van der Waals surface area contributed by atoms with Gasteiger partial charge in [0.1, 0.15) is 4.99 Å². The average molecular weight is 367 g/mol. The molecule has 21 heavy (non-hydrogen) atoms. The lowest BCUT2D eigenvalue weighted by Gasteiger charge is -2.12. The number of nitrogens with one attached hydrogen (secondary N) is 1. The van der Waals surface area contributed by atoms with Gasteiger partial charge in [-0.1, -0.05) is 28.1 Å². The highest BCUT2D eigenvalue weighted by Crippen LogP contribution is 2.21. The summed E-state index contributed by atoms with van der Waals surface area (Å²) in [5.41, 5.74) is 9.85. The maximum absolute atomic E-state index is 5.76. The van der Waals surface area contributed by atoms with Crippen LogP contribution in [0.4, 0.5) is 5.69 Å². The highest BCUT2D eigenvalue weighted by atomic mass is 79.9. The molecule has 1 aromatic heterocycles. The van der Waals surface area contributed by atoms with Crippen LogP contribution in [0.2, 0.25) is 0 Å². The van der Waals surface area contributed by atoms with Crippen LogP contribution in [0.3, 0.4) is 0 Å². The Morgan fingerprint density at radius 1 is 1.38 bits per heavy atom. The van der Waals surface area contributed by atoms with Gasteiger partial charge >= 0.3 is 0 Å². The van der Waals surface area contributed by atoms with Gasteiger partial charge < -0.3 is 11.1 Å². The molecule has 1 heterocycles. The first-order chi connectivity index (χ1) is 9.97. The molecule has 0 unspecified atom stereocenters. The minimum absolute atomic E-state index is 0.400. The van der Waals surface area contributed by atoms with E-state index in [2.05, 4.69) is 39.3 Å². The van der Waals surface area contributed by atoms with Gasteiger partial charge in [-0.25, -0.2) is 0 Å². The highest BCUT2D eigenvalue weighted by molar-refractivity contribution is 9.10. The van der Waals surface area contributed by atoms with E-state index in [-0.39, 0.29) is 0 Å². The fourth-order valence-electron chi connectivity index (χ4n) is 2.23. The molecule has 112 valence electrons. The van der Waals surface area contributed by atoms with Gasteiger partial charge in [0.15, 0.2) is 0 Å². The SMILES string of the molecule is Cc1cc(C)n(CCCNc2ccc(Br)cc2C(N)=S)n1. The molecule has 0 bridgehead atoms. The van der Waals surface area contributed by atoms with E-state index >= 15 is 0 Å². The third-order valence-corrected chi connectivity index (χ3v) is 3.93. The summed E-state index contributed by atoms with van der Waals surface area (Å²) >= 11 is 8.52. The Balaban J connectivity index is 1.92. The topological polar surface area (TPSA) is 55.9 Å². The Morgan fingerprint density at radius 2 is 2.14 bits per heavy atom. The van der Waals surface area contributed by atoms with Crippen LogP contribution in [0.15, 0.2) is 28.7 Å². The second-order valence-corrected chi connectivity index (χ2v) is 6.34. The summed E-state index contributed by atoms with van der Waals surface area (Å²) in [6, 6.07) is 7.99. The monoisotopic (exact) mass is 366 g/mol. The molecule has 1 aromatic carbocycles. The van der Waals surface area contributed by atoms with Crippen LogP contribution in [0.5, 0.6) is 0 Å². The second-order valence-electron chi connectivity index (χ2n) is 4.98. The number of anilines is 1. The molecule has 0 aliphatic rings. The summed E-state index contributed by atoms with van der Waals surface area (Å²) in [6.45, 7) is 5.83. The van der Waals surface area contributed by atoms with Crippen molar-refractivity contribution >= 4 is 38.8 Å². The van der Waals surface area contributed by atoms with Crippen LogP contribution >= 0.6 is 28.1 Å². The largest absolute Gasteiger partial charge is 0.389 e. The molecule has 0 aliphatic heterocycles. The van der Waals surface area contributed by atoms with Crippen molar-refractivity contribution in [1.82, 2.24) is 9.78 Å². The predicted molar refractivity (Wildman–Crippen MR) is 94.8 cm³/mol. The van der Waals surface area contributed by atoms with Crippen molar-refractivity contribution < 1.29 is 0 Å². The molecule has 2 aromatic rings. The number of nitrogens with two attached hydrogens (primary N) is 1. The molecule has 0 amide bonds. The van der Waals surface area contributed by atoms with Crippen molar-refractivity contribution in [3.63, 3.8) is 0 Å². The first-order valence-electron chi connectivity index (χ1n) is 6.81. The summed E-state index contributed by atoms with van der Waals surface area (Å²) in [7, 11) is 0. The lowest BCUT2D eigenvalue weighted by Crippen LogP contribution is -2.15. The summed E-state index contributed by atoms with van der Waals surface area (Å²) < 4.78 is 3.01. The Bertz CT molecular complexity index is 651. The number of nitrogens with zero attached hydrogens (tertiary/aromatic N) is 2. The second kappa shape index (κ2) is 7.04. The van der Waals surface area contributed by atoms with E-state index in [1.165, 1.54) is 5.69 Å². The van der Waals surface area contributed by atoms with Crippen LogP contribution in [0, 0.1) is 13.8 Å². The molecular formula is C15H19BrN4S. The lowest BCUT2D eigenvalue weighted by molar-refractivity contribution is 0.574. The smallest absolute Gasteiger partial charge is 0.106 e. The van der Waals surface area contributed by atoms with Gasteiger partial charge in [-0.3, -0.25) is 4.68 Å². The van der Waals surface area contributed by atoms with Crippen LogP contribution < -0.4 is 11.1 Å². The van der Waals surface area contributed by atoms with E-state index in [4.69, 9.17) is 18.0 Å². The summed E-state index contributed by atoms with van der Waals surface area (Å²) in [5.74, 6) is 0. The molecule has 4 nitrogen and oxygen atoms in total. The number of thiocarbonyl (C=S) groups is 1. The Hall–Kier alpha value is -1.40. The minimum Gasteiger partial charge on any atom is -0.389 e. The van der Waals surface area contributed by atoms with Crippen molar-refractivity contribution in [2.45, 2.75) is 26.8 Å². The van der Waals surface area contributed by atoms with Gasteiger partial charge in [0, 0.05) is 34.5 Å². The fraction of sp³-hybridized carbons (Fsp3) is 0.333. The third-order valence-electron chi connectivity index (χ3n) is 3.21. The molecule has 6 heteroatoms. The van der Waals surface area contributed by atoms with E-state index in [9.17, 15) is 0 Å². The van der Waals surface area contributed by atoms with Crippen LogP contribution in [0.1, 0.15) is 23.4 Å². The van der Waals surface area contributed by atoms with Crippen molar-refractivity contribution in [2.75, 3.05) is 11.9 Å². The first kappa shape index (κ1) is 16.0. The molecule has 0 aliphatic carbocycles. The van der Waals surface area contributed by atoms with Crippen molar-refractivity contribution in [3.05, 3.63) is 45.7 Å². The molecule has 0 atom stereocenters. The van der Waals surface area contributed by atoms with Gasteiger partial charge in [0.2, 0.25) is 0 Å². The number of benzene rings is 1. The van der Waals surface area contributed by atoms with Gasteiger partial charge in [-0.2, -0.15) is 5.10 Å². The summed E-state index contributed by atoms with van der Waals surface area (Å²) in [5, 5.41) is 7.84. The standard InChI is InChI=1S/C15H19BrN4S/c1-10-8-11(2)20(19-10)7-3-6-18-14-5-4-12(16)9-13(14)15(17)21/h4-5,8-9,18H,3,6-7H2,1-2H3,(H2,17,21). The quantitative estimate of drug-likeness (QED) is 0.607. The van der Waals surface area contributed by atoms with E-state index < -0.39 is 0 Å². The van der Waals surface area contributed by atoms with Gasteiger partial charge in [0.25, 0.3) is 0 Å². The number of halogens is 1. The molecule has 0 radical (unpaired) electrons. The minimum atomic E-state index is 0.400. The Kier molecular flexibility index (Phi) is 5.36. The zero-order valence-corrected chi connectivity index (χ0v) is 14.6. The molecule has 0 saturated carbocycles. The summed E-state index contributed by atoms with van der Waals surface area (Å²) in [4.78, 5) is 0.400. The molecule has 2 rings (SSSR count). The summed E-state index contributed by atoms with van der Waals surface area (Å²) in [6.07, 6.45) is 0.981. The van der Waals surface area contributed by atoms with Crippen LogP contribution in [-0.4, -0.2) is 21.3 Å². The van der Waals surface area contributed by atoms with E-state index in [0.29, 0.717) is 4.99 Å². The third kappa shape index (κ3) is 4.28. The van der Waals surface area contributed by atoms with Gasteiger partial charge in [0.05, 0.1) is 5.69 Å². The van der Waals surface area contributed by atoms with E-state index in [1.54, 1.807) is 0 Å². The van der Waals surface area contributed by atoms with Crippen molar-refractivity contribution in [1.29, 1.82) is 0 Å². The Labute approximate surface area is 138 Å². The zero-order valence-electron chi connectivity index (χ0n) is 12.2. The van der Waals surface area contributed by atoms with Crippen molar-refractivity contribution in [2.24, 2.45) is 5.73 Å². The highest BCUT2D eigenvalue weighted by Gasteiger charge is 2.06. The maximum Gasteiger partial charge on any atom is 0.106 e. The lowest BCUT2D eigenvalue weighted by atomic mass is 10.1. The normalized spacial score (nSPS) is 10.6. The molecular weight excluding hydrogens is 348 g/mol. The molecule has 0 spiro atoms. The number of rotatable bonds is 6. The zero-order chi connectivity index (χ0) is 15.4. The molecule has 3 N–H and O–H groups in total. The van der Waals surface area contributed by atoms with E-state index in [0.717, 1.165) is 40.9 Å². The first-order valence-corrected chi connectivity index (χ1v) is 8.02. The molecule has 0 saturated heterocycles.